The molecule has 4 aromatic rings. The molecule has 35 heavy (non-hydrogen) atoms. The smallest absolute Gasteiger partial charge is 0.274 e. The molecule has 0 aliphatic carbocycles. The van der Waals surface area contributed by atoms with Crippen molar-refractivity contribution in [3.05, 3.63) is 57.5 Å². The number of thiophene rings is 1. The molecule has 0 radical (unpaired) electrons. The fraction of sp³-hybridized carbons (Fsp3) is 0.227. The highest BCUT2D eigenvalue weighted by Crippen LogP contribution is 2.46. The molecule has 0 saturated heterocycles. The standard InChI is InChI=1S/C22H22FN5O5S2/c1-5-25-20(29)14-8-12-13(9-28(4)21(30)17(12)27-14)19-18(16(23)22(34-19)35(24,31)32)33-15-7-10(2)6-11(3)26-15/h6-9,27H,5H2,1-4H3,(H,25,29)(H2,24,31,32). The normalized spacial score (nSPS) is 11.7. The maximum Gasteiger partial charge on any atom is 0.274 e. The second-order valence-electron chi connectivity index (χ2n) is 7.92. The highest BCUT2D eigenvalue weighted by molar-refractivity contribution is 7.91. The van der Waals surface area contributed by atoms with Gasteiger partial charge in [0, 0.05) is 42.5 Å². The van der Waals surface area contributed by atoms with Gasteiger partial charge in [0.25, 0.3) is 21.5 Å². The van der Waals surface area contributed by atoms with Crippen LogP contribution in [0.5, 0.6) is 11.6 Å². The Morgan fingerprint density at radius 1 is 1.31 bits per heavy atom. The number of pyridine rings is 2. The molecule has 1 amide bonds. The number of aromatic nitrogens is 3. The van der Waals surface area contributed by atoms with Gasteiger partial charge < -0.3 is 19.6 Å². The molecule has 4 aromatic heterocycles. The molecule has 0 fully saturated rings. The molecular formula is C22H22FN5O5S2. The number of hydrogen-bond donors (Lipinski definition) is 3. The van der Waals surface area contributed by atoms with Crippen LogP contribution in [0.1, 0.15) is 28.7 Å². The van der Waals surface area contributed by atoms with Gasteiger partial charge in [0.2, 0.25) is 5.88 Å². The predicted molar refractivity (Wildman–Crippen MR) is 130 cm³/mol. The zero-order valence-corrected chi connectivity index (χ0v) is 20.9. The molecule has 0 saturated carbocycles. The van der Waals surface area contributed by atoms with Crippen molar-refractivity contribution in [3.63, 3.8) is 0 Å². The molecule has 4 N–H and O–H groups in total. The Kier molecular flexibility index (Phi) is 6.25. The first-order chi connectivity index (χ1) is 16.4. The first-order valence-electron chi connectivity index (χ1n) is 10.4. The fourth-order valence-corrected chi connectivity index (χ4v) is 5.60. The number of hydrogen-bond acceptors (Lipinski definition) is 7. The molecule has 0 aliphatic heterocycles. The Labute approximate surface area is 203 Å². The fourth-order valence-electron chi connectivity index (χ4n) is 3.68. The first-order valence-corrected chi connectivity index (χ1v) is 12.8. The van der Waals surface area contributed by atoms with Gasteiger partial charge in [-0.05, 0) is 38.5 Å². The number of nitrogens with zero attached hydrogens (tertiary/aromatic N) is 2. The van der Waals surface area contributed by atoms with Crippen LogP contribution < -0.4 is 20.8 Å². The third kappa shape index (κ3) is 4.57. The minimum absolute atomic E-state index is 0.0552. The molecule has 0 bridgehead atoms. The zero-order valence-electron chi connectivity index (χ0n) is 19.2. The lowest BCUT2D eigenvalue weighted by atomic mass is 10.1. The van der Waals surface area contributed by atoms with Crippen molar-refractivity contribution in [2.75, 3.05) is 6.54 Å². The number of aromatic amines is 1. The van der Waals surface area contributed by atoms with Crippen LogP contribution in [0.3, 0.4) is 0 Å². The van der Waals surface area contributed by atoms with Crippen LogP contribution in [0.2, 0.25) is 0 Å². The summed E-state index contributed by atoms with van der Waals surface area (Å²) in [6.07, 6.45) is 1.42. The Morgan fingerprint density at radius 3 is 2.66 bits per heavy atom. The molecule has 0 aliphatic rings. The number of nitrogens with one attached hydrogen (secondary N) is 2. The third-order valence-corrected chi connectivity index (χ3v) is 7.73. The summed E-state index contributed by atoms with van der Waals surface area (Å²) in [5, 5.41) is 8.19. The lowest BCUT2D eigenvalue weighted by molar-refractivity contribution is 0.0951. The molecule has 10 nitrogen and oxygen atoms in total. The van der Waals surface area contributed by atoms with Crippen LogP contribution >= 0.6 is 11.3 Å². The molecule has 0 atom stereocenters. The SMILES string of the molecule is CCNC(=O)c1cc2c(-c3sc(S(N)(=O)=O)c(F)c3Oc3cc(C)cc(C)n3)cn(C)c(=O)c2[nH]1. The predicted octanol–water partition coefficient (Wildman–Crippen LogP) is 2.94. The van der Waals surface area contributed by atoms with Crippen molar-refractivity contribution < 1.29 is 22.3 Å². The summed E-state index contributed by atoms with van der Waals surface area (Å²) in [6, 6.07) is 4.82. The van der Waals surface area contributed by atoms with Gasteiger partial charge in [-0.25, -0.2) is 22.9 Å². The van der Waals surface area contributed by atoms with Crippen LogP contribution in [0.15, 0.2) is 33.4 Å². The maximum atomic E-state index is 15.4. The highest BCUT2D eigenvalue weighted by atomic mass is 32.2. The van der Waals surface area contributed by atoms with E-state index in [-0.39, 0.29) is 32.9 Å². The lowest BCUT2D eigenvalue weighted by Gasteiger charge is -2.10. The molecular weight excluding hydrogens is 497 g/mol. The summed E-state index contributed by atoms with van der Waals surface area (Å²) >= 11 is 0.561. The first kappa shape index (κ1) is 24.6. The lowest BCUT2D eigenvalue weighted by Crippen LogP contribution is -2.23. The summed E-state index contributed by atoms with van der Waals surface area (Å²) in [5.74, 6) is -1.96. The zero-order chi connectivity index (χ0) is 25.7. The minimum Gasteiger partial charge on any atom is -0.434 e. The molecule has 13 heteroatoms. The number of H-pyrrole nitrogens is 1. The number of rotatable bonds is 6. The van der Waals surface area contributed by atoms with Crippen molar-refractivity contribution in [3.8, 4) is 22.1 Å². The van der Waals surface area contributed by atoms with E-state index in [0.717, 1.165) is 5.56 Å². The number of carbonyl (C=O) groups is 1. The number of ether oxygens (including phenoxy) is 1. The number of nitrogens with two attached hydrogens (primary N) is 1. The average molecular weight is 520 g/mol. The molecule has 0 unspecified atom stereocenters. The number of sulfonamides is 1. The van der Waals surface area contributed by atoms with Crippen LogP contribution in [0, 0.1) is 19.7 Å². The maximum absolute atomic E-state index is 15.4. The van der Waals surface area contributed by atoms with E-state index in [1.165, 1.54) is 23.9 Å². The van der Waals surface area contributed by atoms with Gasteiger partial charge in [0.1, 0.15) is 11.2 Å². The number of halogens is 1. The number of carbonyl (C=O) groups excluding carboxylic acids is 1. The largest absolute Gasteiger partial charge is 0.434 e. The number of primary sulfonamides is 1. The van der Waals surface area contributed by atoms with E-state index in [2.05, 4.69) is 15.3 Å². The van der Waals surface area contributed by atoms with Gasteiger partial charge in [0.15, 0.2) is 15.8 Å². The van der Waals surface area contributed by atoms with Crippen molar-refractivity contribution in [2.45, 2.75) is 25.0 Å². The monoisotopic (exact) mass is 519 g/mol. The molecule has 4 rings (SSSR count). The van der Waals surface area contributed by atoms with Crippen LogP contribution in [0.4, 0.5) is 4.39 Å². The average Bonchev–Trinajstić information content (AvgIpc) is 3.33. The highest BCUT2D eigenvalue weighted by Gasteiger charge is 2.30. The molecule has 0 aromatic carbocycles. The van der Waals surface area contributed by atoms with Crippen LogP contribution in [-0.2, 0) is 17.1 Å². The van der Waals surface area contributed by atoms with Crippen molar-refractivity contribution >= 4 is 38.2 Å². The topological polar surface area (TPSA) is 149 Å². The van der Waals surface area contributed by atoms with Crippen molar-refractivity contribution in [2.24, 2.45) is 12.2 Å². The van der Waals surface area contributed by atoms with Gasteiger partial charge in [-0.3, -0.25) is 9.59 Å². The Bertz CT molecular complexity index is 1630. The number of fused-ring (bicyclic) bond motifs is 1. The van der Waals surface area contributed by atoms with Gasteiger partial charge in [-0.2, -0.15) is 0 Å². The van der Waals surface area contributed by atoms with Crippen molar-refractivity contribution in [1.82, 2.24) is 19.9 Å². The van der Waals surface area contributed by atoms with E-state index in [4.69, 9.17) is 9.88 Å². The third-order valence-electron chi connectivity index (χ3n) is 5.11. The molecule has 184 valence electrons. The number of aryl methyl sites for hydroxylation is 3. The van der Waals surface area contributed by atoms with Crippen molar-refractivity contribution in [1.29, 1.82) is 0 Å². The van der Waals surface area contributed by atoms with E-state index in [0.29, 0.717) is 23.6 Å². The van der Waals surface area contributed by atoms with E-state index in [1.807, 2.05) is 0 Å². The van der Waals surface area contributed by atoms with Gasteiger partial charge in [-0.1, -0.05) is 0 Å². The van der Waals surface area contributed by atoms with Gasteiger partial charge in [-0.15, -0.1) is 11.3 Å². The summed E-state index contributed by atoms with van der Waals surface area (Å²) in [6.45, 7) is 5.66. The molecule has 0 spiro atoms. The molecule has 4 heterocycles. The summed E-state index contributed by atoms with van der Waals surface area (Å²) < 4.78 is 46.0. The quantitative estimate of drug-likeness (QED) is 0.357. The Morgan fingerprint density at radius 2 is 2.03 bits per heavy atom. The Balaban J connectivity index is 2.02. The van der Waals surface area contributed by atoms with Gasteiger partial charge in [0.05, 0.1) is 4.88 Å². The second kappa shape index (κ2) is 8.91. The van der Waals surface area contributed by atoms with E-state index in [9.17, 15) is 18.0 Å². The van der Waals surface area contributed by atoms with Crippen LogP contribution in [-0.4, -0.2) is 35.4 Å². The van der Waals surface area contributed by atoms with E-state index >= 15 is 4.39 Å². The number of amides is 1. The second-order valence-corrected chi connectivity index (χ2v) is 10.7. The summed E-state index contributed by atoms with van der Waals surface area (Å²) in [5.41, 5.74) is 1.47. The van der Waals surface area contributed by atoms with E-state index < -0.39 is 37.3 Å². The summed E-state index contributed by atoms with van der Waals surface area (Å²) in [7, 11) is -2.96. The Hall–Kier alpha value is -3.55. The minimum atomic E-state index is -4.44. The van der Waals surface area contributed by atoms with Crippen LogP contribution in [0.25, 0.3) is 21.3 Å². The van der Waals surface area contributed by atoms with E-state index in [1.54, 1.807) is 32.9 Å². The van der Waals surface area contributed by atoms with Gasteiger partial charge >= 0.3 is 0 Å². The summed E-state index contributed by atoms with van der Waals surface area (Å²) in [4.78, 5) is 32.3.